The lowest BCUT2D eigenvalue weighted by Crippen LogP contribution is -2.57. The van der Waals surface area contributed by atoms with E-state index in [1.54, 1.807) is 11.8 Å². The number of aliphatic carboxylic acids is 1. The van der Waals surface area contributed by atoms with Gasteiger partial charge in [0.1, 0.15) is 12.1 Å². The molecule has 2 fully saturated rings. The second kappa shape index (κ2) is 8.15. The van der Waals surface area contributed by atoms with Gasteiger partial charge in [0.15, 0.2) is 0 Å². The van der Waals surface area contributed by atoms with E-state index in [0.29, 0.717) is 13.0 Å². The number of nitrogens with zero attached hydrogens (tertiary/aromatic N) is 1. The van der Waals surface area contributed by atoms with Crippen LogP contribution >= 0.6 is 0 Å². The lowest BCUT2D eigenvalue weighted by atomic mass is 9.93. The molecule has 0 radical (unpaired) electrons. The molecule has 2 amide bonds. The van der Waals surface area contributed by atoms with Crippen molar-refractivity contribution in [2.24, 2.45) is 11.3 Å². The van der Waals surface area contributed by atoms with Gasteiger partial charge in [0.25, 0.3) is 0 Å². The standard InChI is InChI=1S/C27H30N2O5/c1-3-26(2,24(32)29-14-22(23(30)31)27(16-29)12-13-27)28-25(33)34-15-21-19-10-6-4-8-17(19)18-9-5-7-11-20(18)21/h4-11,21-22H,3,12-16H2,1-2H3,(H,28,33)(H,30,31). The number of carboxylic acid groups (broad SMARTS) is 1. The average molecular weight is 463 g/mol. The number of hydrogen-bond donors (Lipinski definition) is 2. The van der Waals surface area contributed by atoms with Crippen LogP contribution in [0.2, 0.25) is 0 Å². The molecule has 0 aromatic heterocycles. The Morgan fingerprint density at radius 1 is 1.09 bits per heavy atom. The predicted molar refractivity (Wildman–Crippen MR) is 126 cm³/mol. The molecule has 178 valence electrons. The van der Waals surface area contributed by atoms with E-state index in [9.17, 15) is 19.5 Å². The van der Waals surface area contributed by atoms with E-state index in [-0.39, 0.29) is 30.4 Å². The van der Waals surface area contributed by atoms with Crippen molar-refractivity contribution in [1.82, 2.24) is 10.2 Å². The number of carbonyl (C=O) groups is 3. The van der Waals surface area contributed by atoms with Gasteiger partial charge in [0.2, 0.25) is 5.91 Å². The molecule has 5 rings (SSSR count). The molecule has 3 aliphatic rings. The molecule has 2 aromatic rings. The third kappa shape index (κ3) is 3.63. The smallest absolute Gasteiger partial charge is 0.408 e. The SMILES string of the molecule is CCC(C)(NC(=O)OCC1c2ccccc2-c2ccccc21)C(=O)N1CC(C(=O)O)C2(CC2)C1. The minimum atomic E-state index is -1.16. The first-order valence-corrected chi connectivity index (χ1v) is 11.9. The van der Waals surface area contributed by atoms with Gasteiger partial charge >= 0.3 is 12.1 Å². The van der Waals surface area contributed by atoms with Crippen LogP contribution < -0.4 is 5.32 Å². The molecule has 1 aliphatic heterocycles. The molecule has 2 aromatic carbocycles. The van der Waals surface area contributed by atoms with Gasteiger partial charge in [0.05, 0.1) is 5.92 Å². The van der Waals surface area contributed by atoms with E-state index in [1.807, 2.05) is 31.2 Å². The number of benzene rings is 2. The summed E-state index contributed by atoms with van der Waals surface area (Å²) >= 11 is 0. The molecular formula is C27H30N2O5. The van der Waals surface area contributed by atoms with Crippen molar-refractivity contribution in [3.63, 3.8) is 0 Å². The van der Waals surface area contributed by atoms with E-state index in [2.05, 4.69) is 29.6 Å². The molecule has 0 bridgehead atoms. The van der Waals surface area contributed by atoms with E-state index in [0.717, 1.165) is 35.1 Å². The Labute approximate surface area is 199 Å². The first kappa shape index (κ1) is 22.4. The van der Waals surface area contributed by atoms with Crippen molar-refractivity contribution < 1.29 is 24.2 Å². The van der Waals surface area contributed by atoms with Gasteiger partial charge in [0, 0.05) is 24.4 Å². The maximum atomic E-state index is 13.4. The van der Waals surface area contributed by atoms with Crippen LogP contribution in [0.5, 0.6) is 0 Å². The highest BCUT2D eigenvalue weighted by Crippen LogP contribution is 2.56. The molecule has 2 atom stereocenters. The van der Waals surface area contributed by atoms with Crippen LogP contribution in [0.15, 0.2) is 48.5 Å². The zero-order valence-corrected chi connectivity index (χ0v) is 19.5. The van der Waals surface area contributed by atoms with Crippen molar-refractivity contribution >= 4 is 18.0 Å². The van der Waals surface area contributed by atoms with Crippen molar-refractivity contribution in [1.29, 1.82) is 0 Å². The zero-order chi connectivity index (χ0) is 24.1. The van der Waals surface area contributed by atoms with Gasteiger partial charge in [-0.3, -0.25) is 9.59 Å². The van der Waals surface area contributed by atoms with Gasteiger partial charge in [-0.15, -0.1) is 0 Å². The van der Waals surface area contributed by atoms with E-state index in [1.165, 1.54) is 0 Å². The largest absolute Gasteiger partial charge is 0.481 e. The molecule has 2 N–H and O–H groups in total. The minimum Gasteiger partial charge on any atom is -0.481 e. The second-order valence-electron chi connectivity index (χ2n) is 10.1. The summed E-state index contributed by atoms with van der Waals surface area (Å²) in [6.45, 7) is 4.31. The lowest BCUT2D eigenvalue weighted by molar-refractivity contribution is -0.143. The summed E-state index contributed by atoms with van der Waals surface area (Å²) in [5.74, 6) is -1.70. The third-order valence-corrected chi connectivity index (χ3v) is 8.03. The average Bonchev–Trinajstić information content (AvgIpc) is 3.39. The Kier molecular flexibility index (Phi) is 5.38. The zero-order valence-electron chi connectivity index (χ0n) is 19.5. The first-order chi connectivity index (χ1) is 16.3. The molecule has 34 heavy (non-hydrogen) atoms. The molecule has 7 heteroatoms. The Bertz CT molecular complexity index is 1110. The van der Waals surface area contributed by atoms with Crippen LogP contribution in [0.1, 0.15) is 50.2 Å². The summed E-state index contributed by atoms with van der Waals surface area (Å²) in [7, 11) is 0. The van der Waals surface area contributed by atoms with Crippen LogP contribution in [0, 0.1) is 11.3 Å². The highest BCUT2D eigenvalue weighted by Gasteiger charge is 2.60. The van der Waals surface area contributed by atoms with Gasteiger partial charge in [-0.25, -0.2) is 4.79 Å². The van der Waals surface area contributed by atoms with E-state index in [4.69, 9.17) is 4.74 Å². The van der Waals surface area contributed by atoms with Crippen LogP contribution in [0.3, 0.4) is 0 Å². The number of likely N-dealkylation sites (tertiary alicyclic amines) is 1. The highest BCUT2D eigenvalue weighted by atomic mass is 16.5. The number of carboxylic acids is 1. The molecule has 2 unspecified atom stereocenters. The van der Waals surface area contributed by atoms with Crippen molar-refractivity contribution in [2.75, 3.05) is 19.7 Å². The molecule has 1 saturated carbocycles. The normalized spacial score (nSPS) is 21.5. The van der Waals surface area contributed by atoms with E-state index < -0.39 is 23.5 Å². The van der Waals surface area contributed by atoms with Crippen molar-refractivity contribution in [3.8, 4) is 11.1 Å². The third-order valence-electron chi connectivity index (χ3n) is 8.03. The lowest BCUT2D eigenvalue weighted by Gasteiger charge is -2.32. The Hall–Kier alpha value is -3.35. The predicted octanol–water partition coefficient (Wildman–Crippen LogP) is 4.02. The maximum absolute atomic E-state index is 13.4. The van der Waals surface area contributed by atoms with Crippen LogP contribution in [0.4, 0.5) is 4.79 Å². The fraction of sp³-hybridized carbons (Fsp3) is 0.444. The van der Waals surface area contributed by atoms with Gasteiger partial charge in [-0.2, -0.15) is 0 Å². The molecule has 2 aliphatic carbocycles. The summed E-state index contributed by atoms with van der Waals surface area (Å²) in [5.41, 5.74) is 3.09. The number of carbonyl (C=O) groups excluding carboxylic acids is 2. The number of alkyl carbamates (subject to hydrolysis) is 1. The highest BCUT2D eigenvalue weighted by molar-refractivity contribution is 5.90. The van der Waals surface area contributed by atoms with Crippen molar-refractivity contribution in [2.45, 2.75) is 44.6 Å². The first-order valence-electron chi connectivity index (χ1n) is 11.9. The van der Waals surface area contributed by atoms with Crippen LogP contribution in [0.25, 0.3) is 11.1 Å². The Morgan fingerprint density at radius 3 is 2.18 bits per heavy atom. The van der Waals surface area contributed by atoms with Crippen molar-refractivity contribution in [3.05, 3.63) is 59.7 Å². The molecule has 1 spiro atoms. The number of fused-ring (bicyclic) bond motifs is 3. The monoisotopic (exact) mass is 462 g/mol. The van der Waals surface area contributed by atoms with Crippen LogP contribution in [-0.2, 0) is 14.3 Å². The fourth-order valence-electron chi connectivity index (χ4n) is 5.63. The Balaban J connectivity index is 1.26. The quantitative estimate of drug-likeness (QED) is 0.676. The summed E-state index contributed by atoms with van der Waals surface area (Å²) in [6, 6.07) is 16.2. The van der Waals surface area contributed by atoms with E-state index >= 15 is 0 Å². The maximum Gasteiger partial charge on any atom is 0.408 e. The molecular weight excluding hydrogens is 432 g/mol. The number of rotatable bonds is 6. The number of hydrogen-bond acceptors (Lipinski definition) is 4. The number of ether oxygens (including phenoxy) is 1. The summed E-state index contributed by atoms with van der Waals surface area (Å²) in [4.78, 5) is 39.5. The fourth-order valence-corrected chi connectivity index (χ4v) is 5.63. The number of amides is 2. The minimum absolute atomic E-state index is 0.0636. The van der Waals surface area contributed by atoms with Crippen LogP contribution in [-0.4, -0.2) is 53.2 Å². The van der Waals surface area contributed by atoms with Gasteiger partial charge < -0.3 is 20.1 Å². The summed E-state index contributed by atoms with van der Waals surface area (Å²) < 4.78 is 5.65. The Morgan fingerprint density at radius 2 is 1.68 bits per heavy atom. The molecule has 1 heterocycles. The summed E-state index contributed by atoms with van der Waals surface area (Å²) in [6.07, 6.45) is 1.39. The topological polar surface area (TPSA) is 95.9 Å². The number of nitrogens with one attached hydrogen (secondary N) is 1. The summed E-state index contributed by atoms with van der Waals surface area (Å²) in [5, 5.41) is 12.4. The molecule has 1 saturated heterocycles. The van der Waals surface area contributed by atoms with Gasteiger partial charge in [-0.05, 0) is 48.4 Å². The second-order valence-corrected chi connectivity index (χ2v) is 10.1. The van der Waals surface area contributed by atoms with Gasteiger partial charge in [-0.1, -0.05) is 55.5 Å². The molecule has 7 nitrogen and oxygen atoms in total.